The van der Waals surface area contributed by atoms with E-state index < -0.39 is 0 Å². The van der Waals surface area contributed by atoms with Crippen molar-refractivity contribution in [3.05, 3.63) is 0 Å². The second-order valence-corrected chi connectivity index (χ2v) is 6.76. The highest BCUT2D eigenvalue weighted by Gasteiger charge is 2.35. The van der Waals surface area contributed by atoms with Crippen LogP contribution in [-0.4, -0.2) is 49.6 Å². The number of carbonyl (C=O) groups is 2. The van der Waals surface area contributed by atoms with E-state index in [1.807, 2.05) is 18.7 Å². The summed E-state index contributed by atoms with van der Waals surface area (Å²) in [6.45, 7) is 6.01. The van der Waals surface area contributed by atoms with E-state index in [1.165, 1.54) is 26.4 Å². The molecule has 5 nitrogen and oxygen atoms in total. The molecule has 0 spiro atoms. The lowest BCUT2D eigenvalue weighted by Gasteiger charge is -2.39. The fourth-order valence-electron chi connectivity index (χ4n) is 3.16. The first-order valence-electron chi connectivity index (χ1n) is 8.11. The van der Waals surface area contributed by atoms with E-state index in [0.717, 1.165) is 18.9 Å². The minimum Gasteiger partial charge on any atom is -0.469 e. The van der Waals surface area contributed by atoms with Crippen LogP contribution in [0.3, 0.4) is 0 Å². The summed E-state index contributed by atoms with van der Waals surface area (Å²) in [5.41, 5.74) is 0. The van der Waals surface area contributed by atoms with Crippen molar-refractivity contribution in [1.29, 1.82) is 0 Å². The summed E-state index contributed by atoms with van der Waals surface area (Å²) in [5, 5.41) is 3.55. The first-order valence-corrected chi connectivity index (χ1v) is 8.11. The Labute approximate surface area is 127 Å². The lowest BCUT2D eigenvalue weighted by atomic mass is 9.85. The van der Waals surface area contributed by atoms with Gasteiger partial charge in [-0.3, -0.25) is 9.59 Å². The molecule has 5 heteroatoms. The molecule has 0 aromatic heterocycles. The monoisotopic (exact) mass is 296 g/mol. The number of nitrogens with zero attached hydrogens (tertiary/aromatic N) is 1. The van der Waals surface area contributed by atoms with Gasteiger partial charge in [-0.25, -0.2) is 0 Å². The molecular weight excluding hydrogens is 268 g/mol. The Kier molecular flexibility index (Phi) is 5.62. The van der Waals surface area contributed by atoms with Gasteiger partial charge in [0.25, 0.3) is 0 Å². The molecule has 1 heterocycles. The number of amides is 1. The van der Waals surface area contributed by atoms with E-state index in [1.54, 1.807) is 0 Å². The van der Waals surface area contributed by atoms with Crippen LogP contribution < -0.4 is 5.32 Å². The molecule has 0 radical (unpaired) electrons. The van der Waals surface area contributed by atoms with Crippen LogP contribution in [-0.2, 0) is 14.3 Å². The predicted octanol–water partition coefficient (Wildman–Crippen LogP) is 1.42. The number of ether oxygens (including phenoxy) is 1. The van der Waals surface area contributed by atoms with Crippen molar-refractivity contribution in [2.75, 3.05) is 26.7 Å². The molecule has 1 aliphatic heterocycles. The fourth-order valence-corrected chi connectivity index (χ4v) is 3.16. The molecule has 1 aliphatic carbocycles. The van der Waals surface area contributed by atoms with Crippen molar-refractivity contribution in [3.63, 3.8) is 0 Å². The third-order valence-corrected chi connectivity index (χ3v) is 4.71. The van der Waals surface area contributed by atoms with Crippen LogP contribution in [0.15, 0.2) is 0 Å². The first-order chi connectivity index (χ1) is 10.0. The summed E-state index contributed by atoms with van der Waals surface area (Å²) in [7, 11) is 1.42. The number of piperidine rings is 1. The molecule has 1 N–H and O–H groups in total. The van der Waals surface area contributed by atoms with Crippen molar-refractivity contribution in [3.8, 4) is 0 Å². The zero-order chi connectivity index (χ0) is 15.4. The Morgan fingerprint density at radius 3 is 2.52 bits per heavy atom. The summed E-state index contributed by atoms with van der Waals surface area (Å²) in [5.74, 6) is 0.461. The average Bonchev–Trinajstić information content (AvgIpc) is 2.43. The average molecular weight is 296 g/mol. The summed E-state index contributed by atoms with van der Waals surface area (Å²) in [6.07, 6.45) is 4.70. The zero-order valence-corrected chi connectivity index (χ0v) is 13.4. The molecule has 2 unspecified atom stereocenters. The van der Waals surface area contributed by atoms with E-state index in [-0.39, 0.29) is 29.8 Å². The zero-order valence-electron chi connectivity index (χ0n) is 13.4. The maximum Gasteiger partial charge on any atom is 0.310 e. The minimum absolute atomic E-state index is 0.0336. The summed E-state index contributed by atoms with van der Waals surface area (Å²) >= 11 is 0. The van der Waals surface area contributed by atoms with Crippen molar-refractivity contribution in [2.24, 2.45) is 17.8 Å². The van der Waals surface area contributed by atoms with Gasteiger partial charge >= 0.3 is 5.97 Å². The van der Waals surface area contributed by atoms with E-state index in [0.29, 0.717) is 13.1 Å². The van der Waals surface area contributed by atoms with Gasteiger partial charge in [0.1, 0.15) is 0 Å². The second-order valence-electron chi connectivity index (χ2n) is 6.76. The molecule has 1 saturated heterocycles. The molecule has 2 fully saturated rings. The van der Waals surface area contributed by atoms with Gasteiger partial charge < -0.3 is 15.0 Å². The molecule has 2 rings (SSSR count). The molecule has 0 bridgehead atoms. The minimum atomic E-state index is -0.203. The van der Waals surface area contributed by atoms with Gasteiger partial charge in [0.2, 0.25) is 5.91 Å². The van der Waals surface area contributed by atoms with Crippen molar-refractivity contribution in [1.82, 2.24) is 10.2 Å². The van der Waals surface area contributed by atoms with Crippen LogP contribution in [0.5, 0.6) is 0 Å². The Balaban J connectivity index is 1.94. The fraction of sp³-hybridized carbons (Fsp3) is 0.875. The number of carbonyl (C=O) groups excluding carboxylic acids is 2. The Morgan fingerprint density at radius 1 is 1.29 bits per heavy atom. The van der Waals surface area contributed by atoms with Gasteiger partial charge in [0, 0.05) is 25.0 Å². The normalized spacial score (nSPS) is 26.6. The van der Waals surface area contributed by atoms with Crippen molar-refractivity contribution < 1.29 is 14.3 Å². The lowest BCUT2D eigenvalue weighted by Crippen LogP contribution is -2.54. The Bertz CT molecular complexity index is 380. The Morgan fingerprint density at radius 2 is 2.00 bits per heavy atom. The maximum absolute atomic E-state index is 12.3. The van der Waals surface area contributed by atoms with Crippen LogP contribution in [0.25, 0.3) is 0 Å². The molecule has 0 aromatic carbocycles. The SMILES string of the molecule is COC(=O)C1CC(NCC2CCC2)CN(C(=O)C(C)C)C1. The van der Waals surface area contributed by atoms with E-state index >= 15 is 0 Å². The van der Waals surface area contributed by atoms with Crippen LogP contribution in [0.4, 0.5) is 0 Å². The third kappa shape index (κ3) is 4.19. The van der Waals surface area contributed by atoms with Crippen LogP contribution >= 0.6 is 0 Å². The quantitative estimate of drug-likeness (QED) is 0.780. The van der Waals surface area contributed by atoms with Crippen LogP contribution in [0.2, 0.25) is 0 Å². The Hall–Kier alpha value is -1.10. The number of methoxy groups -OCH3 is 1. The lowest BCUT2D eigenvalue weighted by molar-refractivity contribution is -0.150. The van der Waals surface area contributed by atoms with Gasteiger partial charge in [-0.1, -0.05) is 20.3 Å². The number of rotatable bonds is 5. The van der Waals surface area contributed by atoms with Crippen molar-refractivity contribution in [2.45, 2.75) is 45.6 Å². The van der Waals surface area contributed by atoms with Gasteiger partial charge in [-0.15, -0.1) is 0 Å². The molecular formula is C16H28N2O3. The maximum atomic E-state index is 12.3. The number of likely N-dealkylation sites (tertiary alicyclic amines) is 1. The van der Waals surface area contributed by atoms with Crippen LogP contribution in [0.1, 0.15) is 39.5 Å². The highest BCUT2D eigenvalue weighted by Crippen LogP contribution is 2.26. The van der Waals surface area contributed by atoms with Gasteiger partial charge in [0.15, 0.2) is 0 Å². The smallest absolute Gasteiger partial charge is 0.310 e. The third-order valence-electron chi connectivity index (χ3n) is 4.71. The molecule has 120 valence electrons. The summed E-state index contributed by atoms with van der Waals surface area (Å²) in [4.78, 5) is 25.9. The number of nitrogens with one attached hydrogen (secondary N) is 1. The highest BCUT2D eigenvalue weighted by molar-refractivity contribution is 5.80. The topological polar surface area (TPSA) is 58.6 Å². The second kappa shape index (κ2) is 7.25. The number of esters is 1. The molecule has 2 atom stereocenters. The van der Waals surface area contributed by atoms with E-state index in [2.05, 4.69) is 5.32 Å². The molecule has 0 aromatic rings. The summed E-state index contributed by atoms with van der Waals surface area (Å²) < 4.78 is 4.88. The van der Waals surface area contributed by atoms with Gasteiger partial charge in [0.05, 0.1) is 13.0 Å². The molecule has 2 aliphatic rings. The van der Waals surface area contributed by atoms with Gasteiger partial charge in [-0.05, 0) is 31.7 Å². The van der Waals surface area contributed by atoms with Crippen LogP contribution in [0, 0.1) is 17.8 Å². The predicted molar refractivity (Wildman–Crippen MR) is 80.7 cm³/mol. The van der Waals surface area contributed by atoms with E-state index in [4.69, 9.17) is 4.74 Å². The largest absolute Gasteiger partial charge is 0.469 e. The standard InChI is InChI=1S/C16H28N2O3/c1-11(2)15(19)18-9-13(16(20)21-3)7-14(10-18)17-8-12-5-4-6-12/h11-14,17H,4-10H2,1-3H3. The molecule has 1 saturated carbocycles. The van der Waals surface area contributed by atoms with Crippen molar-refractivity contribution >= 4 is 11.9 Å². The van der Waals surface area contributed by atoms with Gasteiger partial charge in [-0.2, -0.15) is 0 Å². The summed E-state index contributed by atoms with van der Waals surface area (Å²) in [6, 6.07) is 0.200. The highest BCUT2D eigenvalue weighted by atomic mass is 16.5. The molecule has 1 amide bonds. The van der Waals surface area contributed by atoms with E-state index in [9.17, 15) is 9.59 Å². The molecule has 21 heavy (non-hydrogen) atoms. The first kappa shape index (κ1) is 16.3. The number of hydrogen-bond acceptors (Lipinski definition) is 4. The number of hydrogen-bond donors (Lipinski definition) is 1.